The first kappa shape index (κ1) is 80.3. The SMILES string of the molecule is CCO[Si](C)(CCCOCC(O)COC(COCCC[Si](C)(OCC)OCC)COC(COCCC[Si](C)(OCC)OCC)COC(COCCC[Si](C)(OCC)OCC)COC(C)COCCC[Si](C)(OCC)OCC)OCC. The Labute approximate surface area is 493 Å². The van der Waals surface area contributed by atoms with Crippen LogP contribution >= 0.6 is 0 Å². The lowest BCUT2D eigenvalue weighted by Crippen LogP contribution is -2.39. The molecule has 20 nitrogen and oxygen atoms in total. The molecule has 0 aliphatic rings. The summed E-state index contributed by atoms with van der Waals surface area (Å²) >= 11 is 0. The van der Waals surface area contributed by atoms with E-state index in [1.165, 1.54) is 0 Å². The molecule has 0 amide bonds. The van der Waals surface area contributed by atoms with Crippen molar-refractivity contribution in [2.45, 2.75) is 202 Å². The third-order valence-electron chi connectivity index (χ3n) is 12.8. The molecule has 0 saturated heterocycles. The minimum Gasteiger partial charge on any atom is -0.395 e. The van der Waals surface area contributed by atoms with Gasteiger partial charge >= 0.3 is 42.8 Å². The molecule has 0 saturated carbocycles. The van der Waals surface area contributed by atoms with E-state index in [4.69, 9.17) is 86.9 Å². The summed E-state index contributed by atoms with van der Waals surface area (Å²) in [6.07, 6.45) is 1.41. The third kappa shape index (κ3) is 42.2. The van der Waals surface area contributed by atoms with Gasteiger partial charge in [-0.05, 0) is 171 Å². The normalized spacial score (nSPS) is 15.0. The molecule has 0 aromatic rings. The molecule has 0 rings (SSSR count). The van der Waals surface area contributed by atoms with Crippen LogP contribution in [0.2, 0.25) is 63.0 Å². The maximum absolute atomic E-state index is 11.1. The molecule has 80 heavy (non-hydrogen) atoms. The highest BCUT2D eigenvalue weighted by Gasteiger charge is 2.34. The van der Waals surface area contributed by atoms with Crippen molar-refractivity contribution >= 4 is 42.8 Å². The molecule has 0 bridgehead atoms. The van der Waals surface area contributed by atoms with Crippen molar-refractivity contribution in [3.8, 4) is 0 Å². The summed E-state index contributed by atoms with van der Waals surface area (Å²) in [6.45, 7) is 43.1. The number of hydrogen-bond donors (Lipinski definition) is 1. The van der Waals surface area contributed by atoms with Crippen LogP contribution in [-0.2, 0) is 86.9 Å². The summed E-state index contributed by atoms with van der Waals surface area (Å²) in [5.41, 5.74) is 0. The average molecular weight is 1240 g/mol. The lowest BCUT2D eigenvalue weighted by molar-refractivity contribution is -0.142. The van der Waals surface area contributed by atoms with Crippen LogP contribution in [0.3, 0.4) is 0 Å². The van der Waals surface area contributed by atoms with Crippen LogP contribution in [-0.4, -0.2) is 237 Å². The zero-order valence-electron chi connectivity index (χ0n) is 53.6. The van der Waals surface area contributed by atoms with E-state index in [-0.39, 0.29) is 52.4 Å². The minimum atomic E-state index is -2.33. The second-order valence-electron chi connectivity index (χ2n) is 20.6. The molecule has 0 aliphatic carbocycles. The summed E-state index contributed by atoms with van der Waals surface area (Å²) in [5, 5.41) is 11.1. The predicted molar refractivity (Wildman–Crippen MR) is 326 cm³/mol. The van der Waals surface area contributed by atoms with Gasteiger partial charge in [-0.3, -0.25) is 0 Å². The lowest BCUT2D eigenvalue weighted by atomic mass is 10.3. The van der Waals surface area contributed by atoms with Gasteiger partial charge in [0.1, 0.15) is 24.4 Å². The summed E-state index contributed by atoms with van der Waals surface area (Å²) in [4.78, 5) is 0. The molecular weight excluding hydrogens is 1120 g/mol. The van der Waals surface area contributed by atoms with Crippen LogP contribution in [0.1, 0.15) is 108 Å². The summed E-state index contributed by atoms with van der Waals surface area (Å²) < 4.78 is 117. The topological polar surface area (TPSA) is 196 Å². The van der Waals surface area contributed by atoms with E-state index >= 15 is 0 Å². The molecule has 0 spiro atoms. The second kappa shape index (κ2) is 50.3. The molecule has 0 aromatic carbocycles. The molecule has 5 unspecified atom stereocenters. The zero-order chi connectivity index (χ0) is 59.9. The Morgan fingerprint density at radius 3 is 0.738 bits per heavy atom. The van der Waals surface area contributed by atoms with Crippen molar-refractivity contribution < 1.29 is 92.0 Å². The molecule has 1 N–H and O–H groups in total. The van der Waals surface area contributed by atoms with Gasteiger partial charge in [0, 0.05) is 99.1 Å². The van der Waals surface area contributed by atoms with Crippen molar-refractivity contribution in [3.63, 3.8) is 0 Å². The Morgan fingerprint density at radius 2 is 0.487 bits per heavy atom. The molecule has 0 heterocycles. The van der Waals surface area contributed by atoms with Gasteiger partial charge < -0.3 is 92.0 Å². The molecule has 0 aromatic heterocycles. The van der Waals surface area contributed by atoms with E-state index < -0.39 is 67.2 Å². The molecule has 25 heteroatoms. The van der Waals surface area contributed by atoms with Gasteiger partial charge in [0.25, 0.3) is 0 Å². The van der Waals surface area contributed by atoms with Gasteiger partial charge in [0.2, 0.25) is 0 Å². The van der Waals surface area contributed by atoms with E-state index in [1.807, 2.05) is 76.2 Å². The zero-order valence-corrected chi connectivity index (χ0v) is 58.6. The maximum atomic E-state index is 11.1. The van der Waals surface area contributed by atoms with Crippen LogP contribution in [0.15, 0.2) is 0 Å². The first-order chi connectivity index (χ1) is 38.3. The fraction of sp³-hybridized carbons (Fsp3) is 1.00. The lowest BCUT2D eigenvalue weighted by Gasteiger charge is -2.28. The molecule has 0 radical (unpaired) electrons. The van der Waals surface area contributed by atoms with Gasteiger partial charge in [-0.2, -0.15) is 0 Å². The van der Waals surface area contributed by atoms with E-state index in [2.05, 4.69) is 32.7 Å². The monoisotopic (exact) mass is 1240 g/mol. The number of aliphatic hydroxyl groups is 1. The molecule has 482 valence electrons. The highest BCUT2D eigenvalue weighted by atomic mass is 28.4. The maximum Gasteiger partial charge on any atom is 0.334 e. The first-order valence-corrected chi connectivity index (χ1v) is 43.4. The van der Waals surface area contributed by atoms with Gasteiger partial charge in [0.05, 0.1) is 65.6 Å². The highest BCUT2D eigenvalue weighted by molar-refractivity contribution is 6.67. The van der Waals surface area contributed by atoms with E-state index in [0.717, 1.165) is 62.3 Å². The van der Waals surface area contributed by atoms with Crippen LogP contribution in [0.5, 0.6) is 0 Å². The van der Waals surface area contributed by atoms with Crippen molar-refractivity contribution in [2.75, 3.05) is 159 Å². The van der Waals surface area contributed by atoms with E-state index in [1.54, 1.807) is 0 Å². The summed E-state index contributed by atoms with van der Waals surface area (Å²) in [5.74, 6) is 0. The van der Waals surface area contributed by atoms with Gasteiger partial charge in [-0.25, -0.2) is 0 Å². The van der Waals surface area contributed by atoms with Crippen LogP contribution in [0.25, 0.3) is 0 Å². The Bertz CT molecular complexity index is 1260. The van der Waals surface area contributed by atoms with Crippen LogP contribution in [0, 0.1) is 0 Å². The molecular formula is C55H122O20Si5. The molecule has 5 atom stereocenters. The van der Waals surface area contributed by atoms with Crippen molar-refractivity contribution in [1.82, 2.24) is 0 Å². The predicted octanol–water partition coefficient (Wildman–Crippen LogP) is 9.67. The van der Waals surface area contributed by atoms with Crippen LogP contribution in [0.4, 0.5) is 0 Å². The summed E-state index contributed by atoms with van der Waals surface area (Å²) in [6, 6.07) is 4.07. The number of hydrogen-bond acceptors (Lipinski definition) is 20. The minimum absolute atomic E-state index is 0.0263. The van der Waals surface area contributed by atoms with E-state index in [0.29, 0.717) is 112 Å². The smallest absolute Gasteiger partial charge is 0.334 e. The summed E-state index contributed by atoms with van der Waals surface area (Å²) in [7, 11) is -11.4. The number of ether oxygens (including phenoxy) is 9. The number of rotatable bonds is 62. The van der Waals surface area contributed by atoms with Gasteiger partial charge in [-0.15, -0.1) is 0 Å². The highest BCUT2D eigenvalue weighted by Crippen LogP contribution is 2.21. The molecule has 0 fully saturated rings. The molecule has 0 aliphatic heterocycles. The third-order valence-corrected chi connectivity index (χ3v) is 28.1. The quantitative estimate of drug-likeness (QED) is 0.0446. The largest absolute Gasteiger partial charge is 0.395 e. The van der Waals surface area contributed by atoms with Crippen molar-refractivity contribution in [1.29, 1.82) is 0 Å². The van der Waals surface area contributed by atoms with E-state index in [9.17, 15) is 5.11 Å². The van der Waals surface area contributed by atoms with Crippen molar-refractivity contribution in [3.05, 3.63) is 0 Å². The first-order valence-electron chi connectivity index (χ1n) is 30.8. The average Bonchev–Trinajstić information content (AvgIpc) is 3.39. The fourth-order valence-electron chi connectivity index (χ4n) is 9.11. The van der Waals surface area contributed by atoms with Crippen molar-refractivity contribution in [2.24, 2.45) is 0 Å². The second-order valence-corrected chi connectivity index (χ2v) is 37.3. The van der Waals surface area contributed by atoms with Gasteiger partial charge in [-0.1, -0.05) is 0 Å². The Balaban J connectivity index is 6.32. The Hall–Kier alpha value is 0.284. The fourth-order valence-corrected chi connectivity index (χ4v) is 21.0. The standard InChI is InChI=1S/C55H122O20Si5/c1-17-66-76(12,67-18-2)37-27-32-57-42-51(11)62-48-53(45-59-34-29-39-78(14,70-21-5)71-22-6)64-50-55(47-61-36-31-41-80(16,74-25-9)75-26-10)65-49-54(46-60-35-30-40-79(15,72-23-7)73-24-8)63-44-52(56)43-58-33-28-38-77(13,68-19-3)69-20-4/h51-56H,17-50H2,1-16H3. The van der Waals surface area contributed by atoms with Gasteiger partial charge in [0.15, 0.2) is 0 Å². The van der Waals surface area contributed by atoms with Crippen LogP contribution < -0.4 is 0 Å². The Kier molecular flexibility index (Phi) is 50.5. The Morgan fingerprint density at radius 1 is 0.275 bits per heavy atom. The number of aliphatic hydroxyl groups excluding tert-OH is 1.